The number of hydrogen-bond donors (Lipinski definition) is 0. The van der Waals surface area contributed by atoms with E-state index in [1.54, 1.807) is 0 Å². The lowest BCUT2D eigenvalue weighted by molar-refractivity contribution is -0.00244. The third-order valence-electron chi connectivity index (χ3n) is 4.52. The Bertz CT molecular complexity index is 700. The minimum atomic E-state index is -0.260. The highest BCUT2D eigenvalue weighted by molar-refractivity contribution is 5.23. The van der Waals surface area contributed by atoms with Crippen LogP contribution >= 0.6 is 0 Å². The maximum Gasteiger partial charge on any atom is 0.241 e. The van der Waals surface area contributed by atoms with Crippen molar-refractivity contribution in [1.82, 2.24) is 0 Å². The highest BCUT2D eigenvalue weighted by atomic mass is 16.7. The number of para-hydroxylation sites is 2. The fourth-order valence-corrected chi connectivity index (χ4v) is 3.08. The van der Waals surface area contributed by atoms with Crippen LogP contribution in [0.25, 0.3) is 0 Å². The van der Waals surface area contributed by atoms with Crippen LogP contribution < -0.4 is 9.47 Å². The van der Waals surface area contributed by atoms with E-state index in [9.17, 15) is 0 Å². The monoisotopic (exact) mass is 360 g/mol. The molecule has 0 bridgehead atoms. The summed E-state index contributed by atoms with van der Waals surface area (Å²) in [6.45, 7) is 0. The molecular weight excluding hydrogens is 332 g/mol. The third kappa shape index (κ3) is 7.18. The van der Waals surface area contributed by atoms with Crippen LogP contribution in [0.4, 0.5) is 0 Å². The first-order chi connectivity index (χ1) is 13.4. The van der Waals surface area contributed by atoms with Crippen LogP contribution in [0.5, 0.6) is 11.5 Å². The Balaban J connectivity index is 1.43. The van der Waals surface area contributed by atoms with Gasteiger partial charge in [0.25, 0.3) is 0 Å². The maximum absolute atomic E-state index is 6.07. The summed E-state index contributed by atoms with van der Waals surface area (Å²) in [7, 11) is 0. The van der Waals surface area contributed by atoms with Gasteiger partial charge in [0.05, 0.1) is 0 Å². The van der Waals surface area contributed by atoms with Gasteiger partial charge < -0.3 is 9.47 Å². The van der Waals surface area contributed by atoms with Gasteiger partial charge in [-0.3, -0.25) is 0 Å². The second-order valence-electron chi connectivity index (χ2n) is 6.73. The van der Waals surface area contributed by atoms with Gasteiger partial charge in [-0.25, -0.2) is 0 Å². The molecule has 2 nitrogen and oxygen atoms in total. The first-order valence-electron chi connectivity index (χ1n) is 9.87. The molecule has 0 aliphatic heterocycles. The average molecular weight is 360 g/mol. The molecule has 3 aromatic carbocycles. The highest BCUT2D eigenvalue weighted by Gasteiger charge is 2.12. The predicted octanol–water partition coefficient (Wildman–Crippen LogP) is 6.66. The molecule has 0 N–H and O–H groups in total. The van der Waals surface area contributed by atoms with Gasteiger partial charge in [-0.05, 0) is 49.1 Å². The van der Waals surface area contributed by atoms with E-state index in [2.05, 4.69) is 30.3 Å². The standard InChI is InChI=1S/C25H28O2/c1(6-14-22-15-7-3-8-16-22)2-13-21-25(26-23-17-9-4-10-18-23)27-24-19-11-5-12-20-24/h3-5,7-12,15-20,25H,1-2,6,13-14,21H2. The minimum absolute atomic E-state index is 0.260. The van der Waals surface area contributed by atoms with E-state index < -0.39 is 0 Å². The van der Waals surface area contributed by atoms with Crippen molar-refractivity contribution in [2.45, 2.75) is 44.8 Å². The molecule has 0 saturated heterocycles. The van der Waals surface area contributed by atoms with Gasteiger partial charge in [0.15, 0.2) is 0 Å². The summed E-state index contributed by atoms with van der Waals surface area (Å²) in [6.07, 6.45) is 6.54. The fraction of sp³-hybridized carbons (Fsp3) is 0.280. The lowest BCUT2D eigenvalue weighted by Crippen LogP contribution is -2.24. The number of rotatable bonds is 11. The number of unbranched alkanes of at least 4 members (excludes halogenated alkanes) is 3. The smallest absolute Gasteiger partial charge is 0.241 e. The summed E-state index contributed by atoms with van der Waals surface area (Å²) < 4.78 is 12.1. The molecule has 0 aliphatic rings. The van der Waals surface area contributed by atoms with Gasteiger partial charge >= 0.3 is 0 Å². The van der Waals surface area contributed by atoms with Gasteiger partial charge in [-0.15, -0.1) is 0 Å². The van der Waals surface area contributed by atoms with Gasteiger partial charge in [0.1, 0.15) is 11.5 Å². The Hall–Kier alpha value is -2.74. The maximum atomic E-state index is 6.07. The lowest BCUT2D eigenvalue weighted by atomic mass is 10.1. The van der Waals surface area contributed by atoms with Crippen LogP contribution in [0.1, 0.15) is 37.7 Å². The largest absolute Gasteiger partial charge is 0.455 e. The molecular formula is C25H28O2. The Labute approximate surface area is 162 Å². The zero-order chi connectivity index (χ0) is 18.6. The van der Waals surface area contributed by atoms with Crippen molar-refractivity contribution < 1.29 is 9.47 Å². The Morgan fingerprint density at radius 2 is 1.00 bits per heavy atom. The van der Waals surface area contributed by atoms with Crippen molar-refractivity contribution in [3.63, 3.8) is 0 Å². The zero-order valence-corrected chi connectivity index (χ0v) is 15.8. The van der Waals surface area contributed by atoms with Crippen LogP contribution in [-0.4, -0.2) is 6.29 Å². The van der Waals surface area contributed by atoms with Crippen molar-refractivity contribution in [3.05, 3.63) is 96.6 Å². The van der Waals surface area contributed by atoms with Crippen LogP contribution in [0.3, 0.4) is 0 Å². The normalized spacial score (nSPS) is 10.7. The van der Waals surface area contributed by atoms with Gasteiger partial charge in [0, 0.05) is 6.42 Å². The number of aryl methyl sites for hydroxylation is 1. The van der Waals surface area contributed by atoms with Crippen LogP contribution in [0.15, 0.2) is 91.0 Å². The van der Waals surface area contributed by atoms with E-state index >= 15 is 0 Å². The van der Waals surface area contributed by atoms with E-state index in [0.29, 0.717) is 0 Å². The zero-order valence-electron chi connectivity index (χ0n) is 15.8. The Morgan fingerprint density at radius 3 is 1.56 bits per heavy atom. The molecule has 2 heteroatoms. The second kappa shape index (κ2) is 11.1. The summed E-state index contributed by atoms with van der Waals surface area (Å²) in [6, 6.07) is 30.5. The van der Waals surface area contributed by atoms with Crippen LogP contribution in [-0.2, 0) is 6.42 Å². The van der Waals surface area contributed by atoms with Gasteiger partial charge in [-0.2, -0.15) is 0 Å². The highest BCUT2D eigenvalue weighted by Crippen LogP contribution is 2.19. The Morgan fingerprint density at radius 1 is 0.519 bits per heavy atom. The topological polar surface area (TPSA) is 18.5 Å². The van der Waals surface area contributed by atoms with E-state index in [4.69, 9.17) is 9.47 Å². The summed E-state index contributed by atoms with van der Waals surface area (Å²) >= 11 is 0. The van der Waals surface area contributed by atoms with Crippen LogP contribution in [0.2, 0.25) is 0 Å². The predicted molar refractivity (Wildman–Crippen MR) is 111 cm³/mol. The summed E-state index contributed by atoms with van der Waals surface area (Å²) in [4.78, 5) is 0. The molecule has 0 heterocycles. The first-order valence-corrected chi connectivity index (χ1v) is 9.87. The van der Waals surface area contributed by atoms with Crippen molar-refractivity contribution in [2.24, 2.45) is 0 Å². The molecule has 0 radical (unpaired) electrons. The quantitative estimate of drug-likeness (QED) is 0.281. The van der Waals surface area contributed by atoms with Crippen molar-refractivity contribution in [1.29, 1.82) is 0 Å². The molecule has 0 aliphatic carbocycles. The molecule has 3 rings (SSSR count). The average Bonchev–Trinajstić information content (AvgIpc) is 2.73. The summed E-state index contributed by atoms with van der Waals surface area (Å²) in [5, 5.41) is 0. The van der Waals surface area contributed by atoms with E-state index in [1.165, 1.54) is 24.8 Å². The minimum Gasteiger partial charge on any atom is -0.455 e. The second-order valence-corrected chi connectivity index (χ2v) is 6.73. The van der Waals surface area contributed by atoms with Crippen molar-refractivity contribution in [3.8, 4) is 11.5 Å². The van der Waals surface area contributed by atoms with E-state index in [1.807, 2.05) is 60.7 Å². The van der Waals surface area contributed by atoms with Crippen molar-refractivity contribution >= 4 is 0 Å². The van der Waals surface area contributed by atoms with E-state index in [0.717, 1.165) is 30.8 Å². The van der Waals surface area contributed by atoms with Gasteiger partial charge in [-0.1, -0.05) is 79.6 Å². The van der Waals surface area contributed by atoms with Gasteiger partial charge in [0.2, 0.25) is 6.29 Å². The van der Waals surface area contributed by atoms with Crippen molar-refractivity contribution in [2.75, 3.05) is 0 Å². The van der Waals surface area contributed by atoms with Crippen LogP contribution in [0, 0.1) is 0 Å². The summed E-state index contributed by atoms with van der Waals surface area (Å²) in [5.41, 5.74) is 1.43. The number of hydrogen-bond acceptors (Lipinski definition) is 2. The number of ether oxygens (including phenoxy) is 2. The summed E-state index contributed by atoms with van der Waals surface area (Å²) in [5.74, 6) is 1.70. The SMILES string of the molecule is c1ccc(CCCCCCC(Oc2ccccc2)Oc2ccccc2)cc1. The molecule has 0 saturated carbocycles. The Kier molecular flexibility index (Phi) is 7.81. The molecule has 0 amide bonds. The fourth-order valence-electron chi connectivity index (χ4n) is 3.08. The molecule has 27 heavy (non-hydrogen) atoms. The lowest BCUT2D eigenvalue weighted by Gasteiger charge is -2.20. The molecule has 0 aromatic heterocycles. The molecule has 3 aromatic rings. The third-order valence-corrected chi connectivity index (χ3v) is 4.52. The molecule has 140 valence electrons. The molecule has 0 spiro atoms. The number of benzene rings is 3. The molecule has 0 atom stereocenters. The molecule has 0 unspecified atom stereocenters. The molecule has 0 fully saturated rings. The van der Waals surface area contributed by atoms with E-state index in [-0.39, 0.29) is 6.29 Å². The first kappa shape index (κ1) is 19.0.